The minimum Gasteiger partial charge on any atom is -0.325 e. The predicted molar refractivity (Wildman–Crippen MR) is 87.3 cm³/mol. The molecule has 0 aliphatic carbocycles. The van der Waals surface area contributed by atoms with Gasteiger partial charge in [-0.2, -0.15) is 0 Å². The summed E-state index contributed by atoms with van der Waals surface area (Å²) in [5.41, 5.74) is 4.48. The molecule has 0 saturated heterocycles. The summed E-state index contributed by atoms with van der Waals surface area (Å²) in [4.78, 5) is 14.1. The molecule has 0 aromatic heterocycles. The van der Waals surface area contributed by atoms with Gasteiger partial charge < -0.3 is 5.32 Å². The average molecular weight is 282 g/mol. The van der Waals surface area contributed by atoms with Crippen LogP contribution in [-0.2, 0) is 11.3 Å². The van der Waals surface area contributed by atoms with Crippen LogP contribution in [0, 0.1) is 13.8 Å². The van der Waals surface area contributed by atoms with E-state index >= 15 is 0 Å². The second-order valence-corrected chi connectivity index (χ2v) is 5.51. The van der Waals surface area contributed by atoms with Crippen molar-refractivity contribution in [2.45, 2.75) is 20.4 Å². The molecule has 0 bridgehead atoms. The molecule has 0 fully saturated rings. The van der Waals surface area contributed by atoms with Crippen molar-refractivity contribution in [3.63, 3.8) is 0 Å². The molecule has 0 aliphatic heterocycles. The largest absolute Gasteiger partial charge is 0.325 e. The van der Waals surface area contributed by atoms with Crippen LogP contribution in [0.5, 0.6) is 0 Å². The normalized spacial score (nSPS) is 10.7. The van der Waals surface area contributed by atoms with Crippen molar-refractivity contribution in [1.29, 1.82) is 0 Å². The highest BCUT2D eigenvalue weighted by Gasteiger charge is 2.08. The number of benzene rings is 2. The summed E-state index contributed by atoms with van der Waals surface area (Å²) in [6, 6.07) is 16.1. The van der Waals surface area contributed by atoms with Gasteiger partial charge in [-0.05, 0) is 49.7 Å². The zero-order chi connectivity index (χ0) is 15.2. The van der Waals surface area contributed by atoms with Gasteiger partial charge in [0, 0.05) is 12.2 Å². The van der Waals surface area contributed by atoms with E-state index in [2.05, 4.69) is 24.4 Å². The molecule has 0 saturated carbocycles. The van der Waals surface area contributed by atoms with Crippen molar-refractivity contribution in [1.82, 2.24) is 4.90 Å². The number of hydrogen-bond donors (Lipinski definition) is 1. The van der Waals surface area contributed by atoms with Gasteiger partial charge in [-0.15, -0.1) is 0 Å². The number of nitrogens with one attached hydrogen (secondary N) is 1. The van der Waals surface area contributed by atoms with Crippen molar-refractivity contribution in [2.24, 2.45) is 0 Å². The van der Waals surface area contributed by atoms with Gasteiger partial charge in [0.05, 0.1) is 6.54 Å². The lowest BCUT2D eigenvalue weighted by Gasteiger charge is -2.16. The summed E-state index contributed by atoms with van der Waals surface area (Å²) in [5, 5.41) is 2.95. The van der Waals surface area contributed by atoms with E-state index in [1.807, 2.05) is 55.3 Å². The van der Waals surface area contributed by atoms with E-state index in [0.29, 0.717) is 6.54 Å². The second kappa shape index (κ2) is 7.04. The molecule has 0 heterocycles. The first-order chi connectivity index (χ1) is 10.0. The standard InChI is InChI=1S/C18H22N2O/c1-14-9-10-17(11-15(14)2)19-18(21)13-20(3)12-16-7-5-4-6-8-16/h4-11H,12-13H2,1-3H3,(H,19,21). The Kier molecular flexibility index (Phi) is 5.12. The maximum Gasteiger partial charge on any atom is 0.238 e. The molecule has 0 spiro atoms. The van der Waals surface area contributed by atoms with E-state index < -0.39 is 0 Å². The zero-order valence-corrected chi connectivity index (χ0v) is 12.9. The van der Waals surface area contributed by atoms with E-state index in [4.69, 9.17) is 0 Å². The number of amides is 1. The van der Waals surface area contributed by atoms with Crippen molar-refractivity contribution in [2.75, 3.05) is 18.9 Å². The third-order valence-corrected chi connectivity index (χ3v) is 3.50. The summed E-state index contributed by atoms with van der Waals surface area (Å²) in [7, 11) is 1.95. The summed E-state index contributed by atoms with van der Waals surface area (Å²) < 4.78 is 0. The fourth-order valence-electron chi connectivity index (χ4n) is 2.22. The molecule has 0 atom stereocenters. The highest BCUT2D eigenvalue weighted by molar-refractivity contribution is 5.92. The lowest BCUT2D eigenvalue weighted by Crippen LogP contribution is -2.29. The fourth-order valence-corrected chi connectivity index (χ4v) is 2.22. The van der Waals surface area contributed by atoms with E-state index in [1.54, 1.807) is 0 Å². The van der Waals surface area contributed by atoms with Crippen LogP contribution in [0.1, 0.15) is 16.7 Å². The zero-order valence-electron chi connectivity index (χ0n) is 12.9. The molecule has 110 valence electrons. The molecule has 3 heteroatoms. The predicted octanol–water partition coefficient (Wildman–Crippen LogP) is 3.37. The van der Waals surface area contributed by atoms with Crippen LogP contribution in [0.25, 0.3) is 0 Å². The van der Waals surface area contributed by atoms with Gasteiger partial charge in [-0.1, -0.05) is 36.4 Å². The Bertz CT molecular complexity index is 608. The third kappa shape index (κ3) is 4.72. The first-order valence-electron chi connectivity index (χ1n) is 7.14. The van der Waals surface area contributed by atoms with Crippen LogP contribution in [0.4, 0.5) is 5.69 Å². The molecule has 2 aromatic carbocycles. The number of carbonyl (C=O) groups is 1. The number of anilines is 1. The summed E-state index contributed by atoms with van der Waals surface area (Å²) in [5.74, 6) is 0.0108. The van der Waals surface area contributed by atoms with Gasteiger partial charge in [0.15, 0.2) is 0 Å². The maximum atomic E-state index is 12.1. The first-order valence-corrected chi connectivity index (χ1v) is 7.14. The van der Waals surface area contributed by atoms with Crippen LogP contribution in [0.15, 0.2) is 48.5 Å². The number of carbonyl (C=O) groups excluding carboxylic acids is 1. The average Bonchev–Trinajstić information content (AvgIpc) is 2.43. The van der Waals surface area contributed by atoms with E-state index in [-0.39, 0.29) is 5.91 Å². The molecule has 1 N–H and O–H groups in total. The number of likely N-dealkylation sites (N-methyl/N-ethyl adjacent to an activating group) is 1. The van der Waals surface area contributed by atoms with E-state index in [0.717, 1.165) is 12.2 Å². The Morgan fingerprint density at radius 3 is 2.43 bits per heavy atom. The number of aryl methyl sites for hydroxylation is 2. The fraction of sp³-hybridized carbons (Fsp3) is 0.278. The Balaban J connectivity index is 1.87. The molecular formula is C18H22N2O. The van der Waals surface area contributed by atoms with Gasteiger partial charge in [-0.3, -0.25) is 9.69 Å². The molecule has 1 amide bonds. The van der Waals surface area contributed by atoms with Gasteiger partial charge in [0.25, 0.3) is 0 Å². The topological polar surface area (TPSA) is 32.3 Å². The maximum absolute atomic E-state index is 12.1. The third-order valence-electron chi connectivity index (χ3n) is 3.50. The molecule has 3 nitrogen and oxygen atoms in total. The Labute approximate surface area is 126 Å². The lowest BCUT2D eigenvalue weighted by molar-refractivity contribution is -0.117. The number of rotatable bonds is 5. The van der Waals surface area contributed by atoms with E-state index in [1.165, 1.54) is 16.7 Å². The van der Waals surface area contributed by atoms with Crippen LogP contribution >= 0.6 is 0 Å². The summed E-state index contributed by atoms with van der Waals surface area (Å²) in [6.45, 7) is 5.25. The molecule has 0 radical (unpaired) electrons. The van der Waals surface area contributed by atoms with Gasteiger partial charge in [0.1, 0.15) is 0 Å². The SMILES string of the molecule is Cc1ccc(NC(=O)CN(C)Cc2ccccc2)cc1C. The Morgan fingerprint density at radius 1 is 1.05 bits per heavy atom. The van der Waals surface area contributed by atoms with Crippen LogP contribution < -0.4 is 5.32 Å². The van der Waals surface area contributed by atoms with Crippen molar-refractivity contribution >= 4 is 11.6 Å². The first kappa shape index (κ1) is 15.3. The minimum absolute atomic E-state index is 0.0108. The van der Waals surface area contributed by atoms with Crippen LogP contribution in [0.3, 0.4) is 0 Å². The van der Waals surface area contributed by atoms with Crippen molar-refractivity contribution < 1.29 is 4.79 Å². The molecule has 2 aromatic rings. The molecule has 2 rings (SSSR count). The van der Waals surface area contributed by atoms with Crippen LogP contribution in [0.2, 0.25) is 0 Å². The highest BCUT2D eigenvalue weighted by Crippen LogP contribution is 2.14. The Hall–Kier alpha value is -2.13. The monoisotopic (exact) mass is 282 g/mol. The van der Waals surface area contributed by atoms with Gasteiger partial charge in [0.2, 0.25) is 5.91 Å². The van der Waals surface area contributed by atoms with Gasteiger partial charge >= 0.3 is 0 Å². The minimum atomic E-state index is 0.0108. The quantitative estimate of drug-likeness (QED) is 0.912. The van der Waals surface area contributed by atoms with E-state index in [9.17, 15) is 4.79 Å². The number of hydrogen-bond acceptors (Lipinski definition) is 2. The summed E-state index contributed by atoms with van der Waals surface area (Å²) >= 11 is 0. The highest BCUT2D eigenvalue weighted by atomic mass is 16.2. The smallest absolute Gasteiger partial charge is 0.238 e. The molecule has 0 unspecified atom stereocenters. The summed E-state index contributed by atoms with van der Waals surface area (Å²) in [6.07, 6.45) is 0. The molecule has 21 heavy (non-hydrogen) atoms. The number of nitrogens with zero attached hydrogens (tertiary/aromatic N) is 1. The Morgan fingerprint density at radius 2 is 1.76 bits per heavy atom. The molecular weight excluding hydrogens is 260 g/mol. The van der Waals surface area contributed by atoms with Crippen LogP contribution in [-0.4, -0.2) is 24.4 Å². The molecule has 0 aliphatic rings. The van der Waals surface area contributed by atoms with Crippen molar-refractivity contribution in [3.05, 3.63) is 65.2 Å². The van der Waals surface area contributed by atoms with Crippen molar-refractivity contribution in [3.8, 4) is 0 Å². The lowest BCUT2D eigenvalue weighted by atomic mass is 10.1. The van der Waals surface area contributed by atoms with Gasteiger partial charge in [-0.25, -0.2) is 0 Å². The second-order valence-electron chi connectivity index (χ2n) is 5.51.